The Kier molecular flexibility index (Phi) is 4.11. The molecular formula is C17H17N3O3S. The first kappa shape index (κ1) is 16.2. The van der Waals surface area contributed by atoms with Crippen LogP contribution in [0.4, 0.5) is 5.69 Å². The van der Waals surface area contributed by atoms with E-state index in [-0.39, 0.29) is 18.0 Å². The number of carbonyl (C=O) groups excluding carboxylic acids is 1. The van der Waals surface area contributed by atoms with Crippen LogP contribution in [0.1, 0.15) is 11.1 Å². The van der Waals surface area contributed by atoms with E-state index < -0.39 is 5.69 Å². The topological polar surface area (TPSA) is 73.1 Å². The van der Waals surface area contributed by atoms with Crippen LogP contribution in [-0.2, 0) is 18.4 Å². The van der Waals surface area contributed by atoms with Gasteiger partial charge in [-0.25, -0.2) is 4.79 Å². The number of aromatic nitrogens is 2. The standard InChI is InChI=1S/C17H17N3O3S/c1-10-4-5-12(11(2)8-10)18-14(21)9-20-13-6-7-24-15(13)16(22)19(3)17(20)23/h4-8H,9H2,1-3H3,(H,18,21). The maximum atomic E-state index is 12.4. The molecule has 0 fully saturated rings. The van der Waals surface area contributed by atoms with E-state index in [1.54, 1.807) is 11.4 Å². The van der Waals surface area contributed by atoms with Crippen LogP contribution in [0, 0.1) is 13.8 Å². The summed E-state index contributed by atoms with van der Waals surface area (Å²) in [7, 11) is 1.42. The Morgan fingerprint density at radius 3 is 2.67 bits per heavy atom. The molecule has 0 bridgehead atoms. The lowest BCUT2D eigenvalue weighted by Gasteiger charge is -2.12. The quantitative estimate of drug-likeness (QED) is 0.791. The number of hydrogen-bond acceptors (Lipinski definition) is 4. The predicted molar refractivity (Wildman–Crippen MR) is 95.9 cm³/mol. The maximum Gasteiger partial charge on any atom is 0.331 e. The molecule has 0 saturated carbocycles. The average Bonchev–Trinajstić information content (AvgIpc) is 3.02. The van der Waals surface area contributed by atoms with Crippen molar-refractivity contribution in [2.45, 2.75) is 20.4 Å². The van der Waals surface area contributed by atoms with Gasteiger partial charge >= 0.3 is 5.69 Å². The molecule has 0 atom stereocenters. The molecule has 0 spiro atoms. The van der Waals surface area contributed by atoms with Gasteiger partial charge in [-0.3, -0.25) is 18.7 Å². The highest BCUT2D eigenvalue weighted by Gasteiger charge is 2.15. The van der Waals surface area contributed by atoms with E-state index in [2.05, 4.69) is 5.32 Å². The van der Waals surface area contributed by atoms with Crippen LogP contribution in [0.15, 0.2) is 39.2 Å². The third-order valence-electron chi connectivity index (χ3n) is 3.91. The molecule has 3 rings (SSSR count). The fourth-order valence-corrected chi connectivity index (χ4v) is 3.51. The van der Waals surface area contributed by atoms with E-state index in [0.717, 1.165) is 15.7 Å². The van der Waals surface area contributed by atoms with Gasteiger partial charge in [-0.05, 0) is 36.9 Å². The molecule has 24 heavy (non-hydrogen) atoms. The van der Waals surface area contributed by atoms with Crippen molar-refractivity contribution >= 4 is 33.1 Å². The number of thiophene rings is 1. The molecule has 6 nitrogen and oxygen atoms in total. The second-order valence-corrected chi connectivity index (χ2v) is 6.65. The van der Waals surface area contributed by atoms with Crippen molar-refractivity contribution in [1.29, 1.82) is 0 Å². The second kappa shape index (κ2) is 6.09. The smallest absolute Gasteiger partial charge is 0.324 e. The molecule has 3 aromatic rings. The minimum Gasteiger partial charge on any atom is -0.324 e. The molecule has 1 aromatic carbocycles. The van der Waals surface area contributed by atoms with Gasteiger partial charge in [0.05, 0.1) is 5.52 Å². The summed E-state index contributed by atoms with van der Waals surface area (Å²) in [6.45, 7) is 3.75. The summed E-state index contributed by atoms with van der Waals surface area (Å²) in [5.41, 5.74) is 2.43. The number of anilines is 1. The molecule has 0 aliphatic heterocycles. The van der Waals surface area contributed by atoms with Gasteiger partial charge in [0.1, 0.15) is 11.2 Å². The number of rotatable bonds is 3. The van der Waals surface area contributed by atoms with E-state index in [1.807, 2.05) is 32.0 Å². The first-order valence-electron chi connectivity index (χ1n) is 7.42. The molecular weight excluding hydrogens is 326 g/mol. The van der Waals surface area contributed by atoms with Crippen molar-refractivity contribution < 1.29 is 4.79 Å². The van der Waals surface area contributed by atoms with Crippen LogP contribution < -0.4 is 16.6 Å². The summed E-state index contributed by atoms with van der Waals surface area (Å²) in [5, 5.41) is 4.56. The molecule has 2 heterocycles. The lowest BCUT2D eigenvalue weighted by Crippen LogP contribution is -2.39. The van der Waals surface area contributed by atoms with Crippen LogP contribution in [0.2, 0.25) is 0 Å². The van der Waals surface area contributed by atoms with Gasteiger partial charge in [0.15, 0.2) is 0 Å². The van der Waals surface area contributed by atoms with Crippen molar-refractivity contribution in [2.24, 2.45) is 7.05 Å². The monoisotopic (exact) mass is 343 g/mol. The summed E-state index contributed by atoms with van der Waals surface area (Å²) in [6.07, 6.45) is 0. The van der Waals surface area contributed by atoms with Crippen LogP contribution in [0.25, 0.3) is 10.2 Å². The highest BCUT2D eigenvalue weighted by atomic mass is 32.1. The third-order valence-corrected chi connectivity index (χ3v) is 4.80. The Labute approximate surface area is 142 Å². The third kappa shape index (κ3) is 2.78. The van der Waals surface area contributed by atoms with Crippen molar-refractivity contribution in [1.82, 2.24) is 9.13 Å². The van der Waals surface area contributed by atoms with Gasteiger partial charge in [0, 0.05) is 12.7 Å². The molecule has 0 aliphatic rings. The van der Waals surface area contributed by atoms with Gasteiger partial charge in [0.25, 0.3) is 5.56 Å². The SMILES string of the molecule is Cc1ccc(NC(=O)Cn2c(=O)n(C)c(=O)c3sccc32)c(C)c1. The fourth-order valence-electron chi connectivity index (χ4n) is 2.64. The maximum absolute atomic E-state index is 12.4. The molecule has 0 unspecified atom stereocenters. The summed E-state index contributed by atoms with van der Waals surface area (Å²) < 4.78 is 2.83. The number of aryl methyl sites for hydroxylation is 2. The van der Waals surface area contributed by atoms with Gasteiger partial charge in [-0.2, -0.15) is 0 Å². The van der Waals surface area contributed by atoms with Gasteiger partial charge in [-0.1, -0.05) is 17.7 Å². The number of nitrogens with zero attached hydrogens (tertiary/aromatic N) is 2. The molecule has 0 saturated heterocycles. The summed E-state index contributed by atoms with van der Waals surface area (Å²) in [5.74, 6) is -0.310. The van der Waals surface area contributed by atoms with Crippen LogP contribution in [0.5, 0.6) is 0 Å². The minimum atomic E-state index is -0.498. The number of hydrogen-bond donors (Lipinski definition) is 1. The Bertz CT molecular complexity index is 1060. The Morgan fingerprint density at radius 1 is 1.21 bits per heavy atom. The molecule has 124 valence electrons. The van der Waals surface area contributed by atoms with E-state index in [4.69, 9.17) is 0 Å². The zero-order valence-electron chi connectivity index (χ0n) is 13.6. The second-order valence-electron chi connectivity index (χ2n) is 5.73. The predicted octanol–water partition coefficient (Wildman–Crippen LogP) is 2.02. The first-order chi connectivity index (χ1) is 11.4. The van der Waals surface area contributed by atoms with Gasteiger partial charge in [0.2, 0.25) is 5.91 Å². The molecule has 0 aliphatic carbocycles. The number of carbonyl (C=O) groups is 1. The molecule has 0 radical (unpaired) electrons. The number of benzene rings is 1. The van der Waals surface area contributed by atoms with Crippen molar-refractivity contribution in [2.75, 3.05) is 5.32 Å². The Morgan fingerprint density at radius 2 is 1.96 bits per heavy atom. The van der Waals surface area contributed by atoms with E-state index in [0.29, 0.717) is 15.9 Å². The zero-order chi connectivity index (χ0) is 17.4. The number of fused-ring (bicyclic) bond motifs is 1. The summed E-state index contributed by atoms with van der Waals surface area (Å²) >= 11 is 1.26. The molecule has 7 heteroatoms. The highest BCUT2D eigenvalue weighted by Crippen LogP contribution is 2.17. The van der Waals surface area contributed by atoms with E-state index in [9.17, 15) is 14.4 Å². The van der Waals surface area contributed by atoms with Gasteiger partial charge < -0.3 is 5.32 Å². The normalized spacial score (nSPS) is 11.0. The highest BCUT2D eigenvalue weighted by molar-refractivity contribution is 7.17. The van der Waals surface area contributed by atoms with Crippen LogP contribution in [0.3, 0.4) is 0 Å². The lowest BCUT2D eigenvalue weighted by molar-refractivity contribution is -0.116. The lowest BCUT2D eigenvalue weighted by atomic mass is 10.1. The Balaban J connectivity index is 1.95. The largest absolute Gasteiger partial charge is 0.331 e. The Hall–Kier alpha value is -2.67. The minimum absolute atomic E-state index is 0.145. The number of amides is 1. The van der Waals surface area contributed by atoms with E-state index >= 15 is 0 Å². The summed E-state index contributed by atoms with van der Waals surface area (Å²) in [4.78, 5) is 36.8. The van der Waals surface area contributed by atoms with E-state index in [1.165, 1.54) is 23.0 Å². The molecule has 2 aromatic heterocycles. The van der Waals surface area contributed by atoms with Gasteiger partial charge in [-0.15, -0.1) is 11.3 Å². The summed E-state index contributed by atoms with van der Waals surface area (Å²) in [6, 6.07) is 7.42. The van der Waals surface area contributed by atoms with Crippen molar-refractivity contribution in [3.05, 3.63) is 61.6 Å². The molecule has 1 N–H and O–H groups in total. The first-order valence-corrected chi connectivity index (χ1v) is 8.30. The van der Waals surface area contributed by atoms with Crippen molar-refractivity contribution in [3.8, 4) is 0 Å². The van der Waals surface area contributed by atoms with Crippen LogP contribution >= 0.6 is 11.3 Å². The number of nitrogens with one attached hydrogen (secondary N) is 1. The van der Waals surface area contributed by atoms with Crippen LogP contribution in [-0.4, -0.2) is 15.0 Å². The van der Waals surface area contributed by atoms with Crippen molar-refractivity contribution in [3.63, 3.8) is 0 Å². The average molecular weight is 343 g/mol. The molecule has 1 amide bonds. The fraction of sp³-hybridized carbons (Fsp3) is 0.235. The zero-order valence-corrected chi connectivity index (χ0v) is 14.4.